The number of benzene rings is 1. The third kappa shape index (κ3) is 5.44. The van der Waals surface area contributed by atoms with Crippen LogP contribution >= 0.6 is 0 Å². The van der Waals surface area contributed by atoms with E-state index < -0.39 is 15.9 Å². The normalized spacial score (nSPS) is 15.4. The van der Waals surface area contributed by atoms with E-state index in [-0.39, 0.29) is 22.3 Å². The number of hydrogen-bond acceptors (Lipinski definition) is 5. The smallest absolute Gasteiger partial charge is 0.264 e. The number of sulfonamides is 1. The zero-order valence-electron chi connectivity index (χ0n) is 17.3. The van der Waals surface area contributed by atoms with Gasteiger partial charge in [-0.05, 0) is 42.9 Å². The summed E-state index contributed by atoms with van der Waals surface area (Å²) in [5.41, 5.74) is 0.363. The molecule has 1 aliphatic rings. The number of rotatable bonds is 4. The summed E-state index contributed by atoms with van der Waals surface area (Å²) in [5, 5.41) is 0.446. The molecule has 0 fully saturated rings. The Morgan fingerprint density at radius 3 is 2.62 bits per heavy atom. The SMILES string of the molecule is CC(C)(C)CCS(=O)(=O)NC(=O)c1ccc2c(=O)n3c(nc2c1)CCCCCC3. The zero-order chi connectivity index (χ0) is 21.2. The van der Waals surface area contributed by atoms with Gasteiger partial charge in [-0.2, -0.15) is 0 Å². The number of nitrogens with zero attached hydrogens (tertiary/aromatic N) is 2. The number of nitrogens with one attached hydrogen (secondary N) is 1. The molecular formula is C21H29N3O4S. The van der Waals surface area contributed by atoms with Gasteiger partial charge in [0.25, 0.3) is 11.5 Å². The van der Waals surface area contributed by atoms with Crippen molar-refractivity contribution in [3.8, 4) is 0 Å². The fraction of sp³-hybridized carbons (Fsp3) is 0.571. The topological polar surface area (TPSA) is 98.1 Å². The van der Waals surface area contributed by atoms with Gasteiger partial charge in [-0.1, -0.05) is 33.6 Å². The van der Waals surface area contributed by atoms with Crippen molar-refractivity contribution in [3.63, 3.8) is 0 Å². The van der Waals surface area contributed by atoms with Crippen LogP contribution in [0.25, 0.3) is 10.9 Å². The summed E-state index contributed by atoms with van der Waals surface area (Å²) in [6, 6.07) is 4.55. The predicted octanol–water partition coefficient (Wildman–Crippen LogP) is 3.01. The number of amides is 1. The van der Waals surface area contributed by atoms with E-state index in [1.54, 1.807) is 10.6 Å². The van der Waals surface area contributed by atoms with Crippen LogP contribution in [-0.2, 0) is 23.0 Å². The first-order valence-corrected chi connectivity index (χ1v) is 11.8. The second-order valence-electron chi connectivity index (χ2n) is 8.94. The van der Waals surface area contributed by atoms with Gasteiger partial charge in [0, 0.05) is 18.5 Å². The molecule has 0 spiro atoms. The summed E-state index contributed by atoms with van der Waals surface area (Å²) in [6.45, 7) is 6.50. The van der Waals surface area contributed by atoms with Crippen LogP contribution in [0.3, 0.4) is 0 Å². The molecule has 2 heterocycles. The standard InChI is InChI=1S/C21H29N3O4S/c1-21(2,3)11-13-29(27,28)23-19(25)15-9-10-16-17(14-15)22-18-8-6-4-5-7-12-24(18)20(16)26/h9-10,14H,4-8,11-13H2,1-3H3,(H,23,25). The Balaban J connectivity index is 1.88. The molecule has 1 N–H and O–H groups in total. The number of carbonyl (C=O) groups excluding carboxylic acids is 1. The van der Waals surface area contributed by atoms with Gasteiger partial charge in [0.05, 0.1) is 16.7 Å². The van der Waals surface area contributed by atoms with E-state index in [9.17, 15) is 18.0 Å². The summed E-state index contributed by atoms with van der Waals surface area (Å²) in [5.74, 6) is -0.0878. The maximum Gasteiger partial charge on any atom is 0.264 e. The minimum absolute atomic E-state index is 0.100. The van der Waals surface area contributed by atoms with Crippen molar-refractivity contribution in [1.82, 2.24) is 14.3 Å². The third-order valence-electron chi connectivity index (χ3n) is 5.20. The van der Waals surface area contributed by atoms with E-state index in [4.69, 9.17) is 0 Å². The molecule has 29 heavy (non-hydrogen) atoms. The Hall–Kier alpha value is -2.22. The van der Waals surface area contributed by atoms with Gasteiger partial charge in [-0.15, -0.1) is 0 Å². The molecule has 2 aromatic rings. The highest BCUT2D eigenvalue weighted by Crippen LogP contribution is 2.19. The number of aromatic nitrogens is 2. The Kier molecular flexibility index (Phi) is 6.12. The lowest BCUT2D eigenvalue weighted by molar-refractivity contribution is 0.0981. The molecule has 3 rings (SSSR count). The molecule has 8 heteroatoms. The number of carbonyl (C=O) groups is 1. The van der Waals surface area contributed by atoms with Crippen LogP contribution in [-0.4, -0.2) is 29.6 Å². The molecule has 1 aromatic carbocycles. The molecule has 1 aromatic heterocycles. The maximum atomic E-state index is 12.9. The maximum absolute atomic E-state index is 12.9. The molecule has 1 aliphatic heterocycles. The lowest BCUT2D eigenvalue weighted by atomic mass is 9.94. The van der Waals surface area contributed by atoms with E-state index in [1.807, 2.05) is 20.8 Å². The summed E-state index contributed by atoms with van der Waals surface area (Å²) in [7, 11) is -3.73. The van der Waals surface area contributed by atoms with Crippen LogP contribution in [0.1, 0.15) is 69.1 Å². The zero-order valence-corrected chi connectivity index (χ0v) is 18.1. The number of aryl methyl sites for hydroxylation is 1. The van der Waals surface area contributed by atoms with Crippen LogP contribution < -0.4 is 10.3 Å². The Bertz CT molecular complexity index is 1080. The van der Waals surface area contributed by atoms with Gasteiger partial charge >= 0.3 is 0 Å². The van der Waals surface area contributed by atoms with Crippen LogP contribution in [0, 0.1) is 5.41 Å². The van der Waals surface area contributed by atoms with E-state index >= 15 is 0 Å². The Labute approximate surface area is 171 Å². The third-order valence-corrected chi connectivity index (χ3v) is 6.44. The molecule has 0 saturated heterocycles. The highest BCUT2D eigenvalue weighted by atomic mass is 32.2. The van der Waals surface area contributed by atoms with Gasteiger partial charge < -0.3 is 0 Å². The number of hydrogen-bond donors (Lipinski definition) is 1. The molecule has 158 valence electrons. The van der Waals surface area contributed by atoms with Crippen molar-refractivity contribution in [3.05, 3.63) is 39.9 Å². The highest BCUT2D eigenvalue weighted by molar-refractivity contribution is 7.90. The molecule has 0 radical (unpaired) electrons. The first kappa shape index (κ1) is 21.5. The molecule has 0 bridgehead atoms. The van der Waals surface area contributed by atoms with Gasteiger partial charge in [0.2, 0.25) is 10.0 Å². The van der Waals surface area contributed by atoms with Crippen molar-refractivity contribution in [2.45, 2.75) is 65.8 Å². The van der Waals surface area contributed by atoms with Crippen molar-refractivity contribution in [2.75, 3.05) is 5.75 Å². The average Bonchev–Trinajstić information content (AvgIpc) is 2.60. The van der Waals surface area contributed by atoms with Crippen LogP contribution in [0.2, 0.25) is 0 Å². The van der Waals surface area contributed by atoms with E-state index in [1.165, 1.54) is 12.1 Å². The second-order valence-corrected chi connectivity index (χ2v) is 10.8. The Morgan fingerprint density at radius 2 is 1.90 bits per heavy atom. The van der Waals surface area contributed by atoms with Crippen LogP contribution in [0.5, 0.6) is 0 Å². The average molecular weight is 420 g/mol. The quantitative estimate of drug-likeness (QED) is 0.821. The molecule has 1 amide bonds. The highest BCUT2D eigenvalue weighted by Gasteiger charge is 2.21. The fourth-order valence-corrected chi connectivity index (χ4v) is 4.81. The van der Waals surface area contributed by atoms with E-state index in [2.05, 4.69) is 9.71 Å². The van der Waals surface area contributed by atoms with Crippen molar-refractivity contribution < 1.29 is 13.2 Å². The number of fused-ring (bicyclic) bond motifs is 2. The second kappa shape index (κ2) is 8.26. The van der Waals surface area contributed by atoms with E-state index in [0.717, 1.165) is 37.9 Å². The molecule has 0 unspecified atom stereocenters. The van der Waals surface area contributed by atoms with Gasteiger partial charge in [0.15, 0.2) is 0 Å². The van der Waals surface area contributed by atoms with E-state index in [0.29, 0.717) is 23.9 Å². The van der Waals surface area contributed by atoms with Gasteiger partial charge in [-0.25, -0.2) is 18.1 Å². The van der Waals surface area contributed by atoms with Crippen LogP contribution in [0.15, 0.2) is 23.0 Å². The molecular weight excluding hydrogens is 390 g/mol. The molecule has 0 aliphatic carbocycles. The minimum Gasteiger partial charge on any atom is -0.296 e. The van der Waals surface area contributed by atoms with Crippen molar-refractivity contribution in [1.29, 1.82) is 0 Å². The minimum atomic E-state index is -3.73. The van der Waals surface area contributed by atoms with Crippen molar-refractivity contribution in [2.24, 2.45) is 5.41 Å². The van der Waals surface area contributed by atoms with Crippen molar-refractivity contribution >= 4 is 26.8 Å². The Morgan fingerprint density at radius 1 is 1.17 bits per heavy atom. The first-order valence-electron chi connectivity index (χ1n) is 10.1. The summed E-state index contributed by atoms with van der Waals surface area (Å²) in [4.78, 5) is 30.0. The molecule has 0 atom stereocenters. The summed E-state index contributed by atoms with van der Waals surface area (Å²) < 4.78 is 28.3. The van der Waals surface area contributed by atoms with Gasteiger partial charge in [0.1, 0.15) is 5.82 Å². The molecule has 0 saturated carbocycles. The largest absolute Gasteiger partial charge is 0.296 e. The lowest BCUT2D eigenvalue weighted by Crippen LogP contribution is -2.33. The monoisotopic (exact) mass is 419 g/mol. The first-order chi connectivity index (χ1) is 13.6. The fourth-order valence-electron chi connectivity index (χ4n) is 3.43. The lowest BCUT2D eigenvalue weighted by Gasteiger charge is -2.18. The summed E-state index contributed by atoms with van der Waals surface area (Å²) in [6.07, 6.45) is 5.31. The predicted molar refractivity (Wildman–Crippen MR) is 114 cm³/mol. The van der Waals surface area contributed by atoms with Crippen LogP contribution in [0.4, 0.5) is 0 Å². The molecule has 7 nitrogen and oxygen atoms in total. The summed E-state index contributed by atoms with van der Waals surface area (Å²) >= 11 is 0. The van der Waals surface area contributed by atoms with Gasteiger partial charge in [-0.3, -0.25) is 14.2 Å².